The van der Waals surface area contributed by atoms with E-state index in [4.69, 9.17) is 4.42 Å². The molecule has 2 heterocycles. The van der Waals surface area contributed by atoms with Gasteiger partial charge in [0, 0.05) is 25.7 Å². The fourth-order valence-electron chi connectivity index (χ4n) is 3.34. The standard InChI is InChI=1S/C18H29F3N4O.HI/c1-13-10-16(14(2)26-13)11-24-17(22-3)23-7-4-15-5-8-25(9-6-15)12-18(19,20)21;/h10,15H,4-9,11-12H2,1-3H3,(H2,22,23,24);1H. The van der Waals surface area contributed by atoms with Gasteiger partial charge in [-0.05, 0) is 58.2 Å². The van der Waals surface area contributed by atoms with Crippen LogP contribution in [-0.2, 0) is 6.54 Å². The molecule has 5 nitrogen and oxygen atoms in total. The molecular formula is C18H30F3IN4O. The molecule has 0 aliphatic carbocycles. The van der Waals surface area contributed by atoms with Crippen LogP contribution in [0.2, 0.25) is 0 Å². The van der Waals surface area contributed by atoms with Crippen molar-refractivity contribution in [1.82, 2.24) is 15.5 Å². The number of halogens is 4. The number of nitrogens with zero attached hydrogens (tertiary/aromatic N) is 2. The normalized spacial score (nSPS) is 16.9. The van der Waals surface area contributed by atoms with Crippen molar-refractivity contribution in [2.45, 2.75) is 45.8 Å². The average molecular weight is 502 g/mol. The van der Waals surface area contributed by atoms with Crippen molar-refractivity contribution in [3.8, 4) is 0 Å². The van der Waals surface area contributed by atoms with Crippen LogP contribution in [0.4, 0.5) is 13.2 Å². The highest BCUT2D eigenvalue weighted by Gasteiger charge is 2.32. The minimum absolute atomic E-state index is 0. The molecule has 0 radical (unpaired) electrons. The summed E-state index contributed by atoms with van der Waals surface area (Å²) in [6.45, 7) is 5.51. The fourth-order valence-corrected chi connectivity index (χ4v) is 3.34. The quantitative estimate of drug-likeness (QED) is 0.353. The zero-order valence-electron chi connectivity index (χ0n) is 16.2. The highest BCUT2D eigenvalue weighted by Crippen LogP contribution is 2.24. The van der Waals surface area contributed by atoms with E-state index in [-0.39, 0.29) is 24.0 Å². The topological polar surface area (TPSA) is 52.8 Å². The summed E-state index contributed by atoms with van der Waals surface area (Å²) in [5.41, 5.74) is 1.10. The van der Waals surface area contributed by atoms with Crippen LogP contribution in [0, 0.1) is 19.8 Å². The Hall–Kier alpha value is -0.970. The van der Waals surface area contributed by atoms with Crippen LogP contribution < -0.4 is 10.6 Å². The van der Waals surface area contributed by atoms with E-state index in [1.165, 1.54) is 4.90 Å². The van der Waals surface area contributed by atoms with Gasteiger partial charge in [-0.3, -0.25) is 9.89 Å². The van der Waals surface area contributed by atoms with E-state index in [0.29, 0.717) is 25.6 Å². The first-order valence-corrected chi connectivity index (χ1v) is 9.06. The lowest BCUT2D eigenvalue weighted by Gasteiger charge is -2.32. The number of alkyl halides is 3. The molecule has 2 N–H and O–H groups in total. The number of furan rings is 1. The molecule has 2 rings (SSSR count). The summed E-state index contributed by atoms with van der Waals surface area (Å²) in [5, 5.41) is 6.53. The molecule has 0 atom stereocenters. The van der Waals surface area contributed by atoms with Crippen molar-refractivity contribution >= 4 is 29.9 Å². The predicted octanol–water partition coefficient (Wildman–Crippen LogP) is 3.84. The molecule has 9 heteroatoms. The first-order chi connectivity index (χ1) is 12.3. The van der Waals surface area contributed by atoms with Gasteiger partial charge in [-0.1, -0.05) is 0 Å². The molecule has 0 aromatic carbocycles. The molecular weight excluding hydrogens is 472 g/mol. The monoisotopic (exact) mass is 502 g/mol. The van der Waals surface area contributed by atoms with Gasteiger partial charge in [0.1, 0.15) is 11.5 Å². The minimum Gasteiger partial charge on any atom is -0.466 e. The van der Waals surface area contributed by atoms with Crippen LogP contribution in [0.1, 0.15) is 36.3 Å². The summed E-state index contributed by atoms with van der Waals surface area (Å²) in [6.07, 6.45) is -1.53. The predicted molar refractivity (Wildman–Crippen MR) is 112 cm³/mol. The van der Waals surface area contributed by atoms with Gasteiger partial charge in [0.05, 0.1) is 6.54 Å². The highest BCUT2D eigenvalue weighted by atomic mass is 127. The molecule has 0 bridgehead atoms. The first-order valence-electron chi connectivity index (χ1n) is 9.06. The Morgan fingerprint density at radius 2 is 1.93 bits per heavy atom. The Morgan fingerprint density at radius 3 is 2.44 bits per heavy atom. The summed E-state index contributed by atoms with van der Waals surface area (Å²) < 4.78 is 42.7. The van der Waals surface area contributed by atoms with Crippen molar-refractivity contribution < 1.29 is 17.6 Å². The Bertz CT molecular complexity index is 596. The van der Waals surface area contributed by atoms with Crippen LogP contribution in [0.15, 0.2) is 15.5 Å². The number of piperidine rings is 1. The summed E-state index contributed by atoms with van der Waals surface area (Å²) >= 11 is 0. The zero-order chi connectivity index (χ0) is 19.2. The second-order valence-electron chi connectivity index (χ2n) is 6.91. The lowest BCUT2D eigenvalue weighted by atomic mass is 9.93. The van der Waals surface area contributed by atoms with Gasteiger partial charge < -0.3 is 15.1 Å². The van der Waals surface area contributed by atoms with E-state index in [9.17, 15) is 13.2 Å². The van der Waals surface area contributed by atoms with Crippen molar-refractivity contribution in [3.63, 3.8) is 0 Å². The van der Waals surface area contributed by atoms with Gasteiger partial charge in [0.25, 0.3) is 0 Å². The van der Waals surface area contributed by atoms with E-state index in [1.807, 2.05) is 19.9 Å². The number of nitrogens with one attached hydrogen (secondary N) is 2. The molecule has 0 amide bonds. The lowest BCUT2D eigenvalue weighted by molar-refractivity contribution is -0.148. The number of rotatable bonds is 6. The van der Waals surface area contributed by atoms with Gasteiger partial charge in [0.2, 0.25) is 0 Å². The van der Waals surface area contributed by atoms with Gasteiger partial charge >= 0.3 is 6.18 Å². The number of aliphatic imine (C=N–C) groups is 1. The molecule has 27 heavy (non-hydrogen) atoms. The smallest absolute Gasteiger partial charge is 0.401 e. The van der Waals surface area contributed by atoms with Crippen molar-refractivity contribution in [1.29, 1.82) is 0 Å². The van der Waals surface area contributed by atoms with Gasteiger partial charge in [0.15, 0.2) is 5.96 Å². The van der Waals surface area contributed by atoms with E-state index in [0.717, 1.165) is 48.9 Å². The maximum Gasteiger partial charge on any atom is 0.401 e. The van der Waals surface area contributed by atoms with Gasteiger partial charge in [-0.15, -0.1) is 24.0 Å². The second kappa shape index (κ2) is 11.1. The number of hydrogen-bond donors (Lipinski definition) is 2. The Labute approximate surface area is 176 Å². The molecule has 1 saturated heterocycles. The Balaban J connectivity index is 0.00000364. The van der Waals surface area contributed by atoms with Crippen LogP contribution in [0.3, 0.4) is 0 Å². The molecule has 156 valence electrons. The Morgan fingerprint density at radius 1 is 1.26 bits per heavy atom. The third-order valence-electron chi connectivity index (χ3n) is 4.77. The van der Waals surface area contributed by atoms with Gasteiger partial charge in [-0.2, -0.15) is 13.2 Å². The summed E-state index contributed by atoms with van der Waals surface area (Å²) in [4.78, 5) is 5.70. The lowest BCUT2D eigenvalue weighted by Crippen LogP contribution is -2.41. The third-order valence-corrected chi connectivity index (χ3v) is 4.77. The molecule has 1 aromatic rings. The summed E-state index contributed by atoms with van der Waals surface area (Å²) in [6, 6.07) is 2.00. The average Bonchev–Trinajstić information content (AvgIpc) is 2.88. The second-order valence-corrected chi connectivity index (χ2v) is 6.91. The number of hydrogen-bond acceptors (Lipinski definition) is 3. The highest BCUT2D eigenvalue weighted by molar-refractivity contribution is 14.0. The molecule has 0 saturated carbocycles. The SMILES string of the molecule is CN=C(NCCC1CCN(CC(F)(F)F)CC1)NCc1cc(C)oc1C.I. The van der Waals surface area contributed by atoms with Crippen molar-refractivity contribution in [2.24, 2.45) is 10.9 Å². The number of likely N-dealkylation sites (tertiary alicyclic amines) is 1. The van der Waals surface area contributed by atoms with Crippen LogP contribution in [0.25, 0.3) is 0 Å². The maximum atomic E-state index is 12.4. The fraction of sp³-hybridized carbons (Fsp3) is 0.722. The third kappa shape index (κ3) is 8.71. The summed E-state index contributed by atoms with van der Waals surface area (Å²) in [5.74, 6) is 2.97. The summed E-state index contributed by atoms with van der Waals surface area (Å²) in [7, 11) is 1.72. The van der Waals surface area contributed by atoms with Crippen LogP contribution >= 0.6 is 24.0 Å². The van der Waals surface area contributed by atoms with Crippen molar-refractivity contribution in [2.75, 3.05) is 33.2 Å². The molecule has 1 aliphatic heterocycles. The molecule has 1 aromatic heterocycles. The first kappa shape index (κ1) is 24.1. The van der Waals surface area contributed by atoms with E-state index in [1.54, 1.807) is 7.05 Å². The van der Waals surface area contributed by atoms with Crippen LogP contribution in [-0.4, -0.2) is 50.3 Å². The van der Waals surface area contributed by atoms with Gasteiger partial charge in [-0.25, -0.2) is 0 Å². The minimum atomic E-state index is -4.10. The zero-order valence-corrected chi connectivity index (χ0v) is 18.5. The van der Waals surface area contributed by atoms with Crippen LogP contribution in [0.5, 0.6) is 0 Å². The van der Waals surface area contributed by atoms with E-state index in [2.05, 4.69) is 15.6 Å². The number of guanidine groups is 1. The van der Waals surface area contributed by atoms with Crippen molar-refractivity contribution in [3.05, 3.63) is 23.2 Å². The Kier molecular flexibility index (Phi) is 9.92. The maximum absolute atomic E-state index is 12.4. The molecule has 1 fully saturated rings. The van der Waals surface area contributed by atoms with E-state index < -0.39 is 12.7 Å². The molecule has 1 aliphatic rings. The number of aryl methyl sites for hydroxylation is 2. The van der Waals surface area contributed by atoms with E-state index >= 15 is 0 Å². The molecule has 0 spiro atoms. The molecule has 0 unspecified atom stereocenters. The largest absolute Gasteiger partial charge is 0.466 e.